The van der Waals surface area contributed by atoms with E-state index < -0.39 is 0 Å². The SMILES string of the molecule is CCNC(Cc1ccc(Br)cc1Cl)C1CSC(C)C(C)S1. The maximum atomic E-state index is 6.39. The van der Waals surface area contributed by atoms with Crippen molar-refractivity contribution in [1.82, 2.24) is 5.32 Å². The van der Waals surface area contributed by atoms with Crippen LogP contribution in [-0.2, 0) is 6.42 Å². The van der Waals surface area contributed by atoms with Gasteiger partial charge in [-0.05, 0) is 30.7 Å². The number of rotatable bonds is 5. The fourth-order valence-electron chi connectivity index (χ4n) is 2.54. The molecule has 1 fully saturated rings. The Morgan fingerprint density at radius 3 is 2.76 bits per heavy atom. The van der Waals surface area contributed by atoms with Gasteiger partial charge in [0, 0.05) is 37.0 Å². The van der Waals surface area contributed by atoms with Crippen LogP contribution in [0.2, 0.25) is 5.02 Å². The number of halogens is 2. The van der Waals surface area contributed by atoms with E-state index in [1.54, 1.807) is 0 Å². The van der Waals surface area contributed by atoms with Gasteiger partial charge in [0.05, 0.1) is 0 Å². The molecule has 0 bridgehead atoms. The quantitative estimate of drug-likeness (QED) is 0.714. The second-order valence-electron chi connectivity index (χ2n) is 5.52. The Morgan fingerprint density at radius 2 is 2.14 bits per heavy atom. The molecule has 1 heterocycles. The molecule has 1 aliphatic rings. The standard InChI is InChI=1S/C16H23BrClNS2/c1-4-19-15(16-9-20-10(2)11(3)21-16)7-12-5-6-13(17)8-14(12)18/h5-6,8,10-11,15-16,19H,4,7,9H2,1-3H3. The van der Waals surface area contributed by atoms with Crippen molar-refractivity contribution in [2.75, 3.05) is 12.3 Å². The van der Waals surface area contributed by atoms with Crippen LogP contribution in [0.3, 0.4) is 0 Å². The Hall–Kier alpha value is 0.650. The van der Waals surface area contributed by atoms with Gasteiger partial charge in [0.2, 0.25) is 0 Å². The van der Waals surface area contributed by atoms with Crippen molar-refractivity contribution in [1.29, 1.82) is 0 Å². The van der Waals surface area contributed by atoms with Gasteiger partial charge in [0.15, 0.2) is 0 Å². The van der Waals surface area contributed by atoms with E-state index in [1.165, 1.54) is 11.3 Å². The lowest BCUT2D eigenvalue weighted by molar-refractivity contribution is 0.520. The fraction of sp³-hybridized carbons (Fsp3) is 0.625. The molecule has 0 aromatic heterocycles. The molecule has 1 saturated heterocycles. The van der Waals surface area contributed by atoms with Gasteiger partial charge in [-0.3, -0.25) is 0 Å². The Bertz CT molecular complexity index is 472. The normalized spacial score (nSPS) is 27.6. The van der Waals surface area contributed by atoms with Crippen LogP contribution in [0.15, 0.2) is 22.7 Å². The molecule has 4 atom stereocenters. The number of thioether (sulfide) groups is 2. The summed E-state index contributed by atoms with van der Waals surface area (Å²) in [5.74, 6) is 1.22. The average Bonchev–Trinajstić information content (AvgIpc) is 2.44. The molecule has 1 aromatic rings. The lowest BCUT2D eigenvalue weighted by atomic mass is 10.0. The molecule has 4 unspecified atom stereocenters. The van der Waals surface area contributed by atoms with Crippen molar-refractivity contribution in [2.45, 2.75) is 49.0 Å². The van der Waals surface area contributed by atoms with Crippen molar-refractivity contribution >= 4 is 51.1 Å². The van der Waals surface area contributed by atoms with Crippen molar-refractivity contribution < 1.29 is 0 Å². The summed E-state index contributed by atoms with van der Waals surface area (Å²) in [6.45, 7) is 7.88. The predicted molar refractivity (Wildman–Crippen MR) is 103 cm³/mol. The maximum absolute atomic E-state index is 6.39. The molecule has 118 valence electrons. The minimum Gasteiger partial charge on any atom is -0.313 e. The predicted octanol–water partition coefficient (Wildman–Crippen LogP) is 5.25. The highest BCUT2D eigenvalue weighted by Gasteiger charge is 2.31. The zero-order valence-electron chi connectivity index (χ0n) is 12.7. The van der Waals surface area contributed by atoms with Crippen LogP contribution in [0, 0.1) is 0 Å². The summed E-state index contributed by atoms with van der Waals surface area (Å²) in [4.78, 5) is 0. The summed E-state index contributed by atoms with van der Waals surface area (Å²) in [7, 11) is 0. The largest absolute Gasteiger partial charge is 0.313 e. The number of nitrogens with one attached hydrogen (secondary N) is 1. The van der Waals surface area contributed by atoms with Gasteiger partial charge >= 0.3 is 0 Å². The van der Waals surface area contributed by atoms with Gasteiger partial charge in [-0.1, -0.05) is 54.4 Å². The zero-order valence-corrected chi connectivity index (χ0v) is 16.7. The summed E-state index contributed by atoms with van der Waals surface area (Å²) < 4.78 is 1.04. The third kappa shape index (κ3) is 5.07. The topological polar surface area (TPSA) is 12.0 Å². The van der Waals surface area contributed by atoms with E-state index in [0.717, 1.165) is 33.0 Å². The Morgan fingerprint density at radius 1 is 1.38 bits per heavy atom. The summed E-state index contributed by atoms with van der Waals surface area (Å²) in [6.07, 6.45) is 0.999. The molecule has 0 spiro atoms. The van der Waals surface area contributed by atoms with Crippen LogP contribution in [0.5, 0.6) is 0 Å². The van der Waals surface area contributed by atoms with E-state index in [9.17, 15) is 0 Å². The zero-order chi connectivity index (χ0) is 15.4. The van der Waals surface area contributed by atoms with Crippen LogP contribution in [0.1, 0.15) is 26.3 Å². The molecule has 0 aliphatic carbocycles. The van der Waals surface area contributed by atoms with E-state index >= 15 is 0 Å². The second kappa shape index (κ2) is 8.49. The molecule has 0 saturated carbocycles. The first kappa shape index (κ1) is 18.0. The third-order valence-electron chi connectivity index (χ3n) is 3.94. The highest BCUT2D eigenvalue weighted by molar-refractivity contribution is 9.10. The Labute approximate surface area is 150 Å². The lowest BCUT2D eigenvalue weighted by Crippen LogP contribution is -2.44. The molecule has 2 rings (SSSR count). The van der Waals surface area contributed by atoms with Crippen molar-refractivity contribution in [3.8, 4) is 0 Å². The molecule has 0 amide bonds. The first-order chi connectivity index (χ1) is 10.0. The second-order valence-corrected chi connectivity index (χ2v) is 9.88. The van der Waals surface area contributed by atoms with Crippen LogP contribution >= 0.6 is 51.1 Å². The fourth-order valence-corrected chi connectivity index (χ4v) is 6.42. The van der Waals surface area contributed by atoms with Crippen molar-refractivity contribution in [3.05, 3.63) is 33.3 Å². The van der Waals surface area contributed by atoms with Crippen LogP contribution < -0.4 is 5.32 Å². The molecular weight excluding hydrogens is 386 g/mol. The highest BCUT2D eigenvalue weighted by atomic mass is 79.9. The van der Waals surface area contributed by atoms with Gasteiger partial charge in [-0.15, -0.1) is 0 Å². The van der Waals surface area contributed by atoms with E-state index in [4.69, 9.17) is 11.6 Å². The summed E-state index contributed by atoms with van der Waals surface area (Å²) in [6, 6.07) is 6.70. The van der Waals surface area contributed by atoms with Gasteiger partial charge in [-0.2, -0.15) is 23.5 Å². The molecule has 5 heteroatoms. The van der Waals surface area contributed by atoms with Crippen LogP contribution in [0.25, 0.3) is 0 Å². The van der Waals surface area contributed by atoms with E-state index in [0.29, 0.717) is 11.3 Å². The summed E-state index contributed by atoms with van der Waals surface area (Å²) in [5, 5.41) is 6.66. The molecule has 21 heavy (non-hydrogen) atoms. The smallest absolute Gasteiger partial charge is 0.0449 e. The van der Waals surface area contributed by atoms with Gasteiger partial charge in [0.1, 0.15) is 0 Å². The molecular formula is C16H23BrClNS2. The number of benzene rings is 1. The monoisotopic (exact) mass is 407 g/mol. The first-order valence-electron chi connectivity index (χ1n) is 7.45. The van der Waals surface area contributed by atoms with E-state index in [1.807, 2.05) is 6.07 Å². The minimum atomic E-state index is 0.487. The Kier molecular flexibility index (Phi) is 7.27. The molecule has 1 N–H and O–H groups in total. The average molecular weight is 409 g/mol. The Balaban J connectivity index is 2.08. The molecule has 1 aromatic carbocycles. The molecule has 1 nitrogen and oxygen atoms in total. The first-order valence-corrected chi connectivity index (χ1v) is 10.6. The minimum absolute atomic E-state index is 0.487. The molecule has 1 aliphatic heterocycles. The van der Waals surface area contributed by atoms with E-state index in [2.05, 4.69) is 77.7 Å². The van der Waals surface area contributed by atoms with Gasteiger partial charge in [0.25, 0.3) is 0 Å². The van der Waals surface area contributed by atoms with E-state index in [-0.39, 0.29) is 0 Å². The molecule has 0 radical (unpaired) electrons. The summed E-state index contributed by atoms with van der Waals surface area (Å²) in [5.41, 5.74) is 1.24. The number of hydrogen-bond acceptors (Lipinski definition) is 3. The van der Waals surface area contributed by atoms with Gasteiger partial charge in [-0.25, -0.2) is 0 Å². The van der Waals surface area contributed by atoms with Crippen LogP contribution in [-0.4, -0.2) is 34.1 Å². The lowest BCUT2D eigenvalue weighted by Gasteiger charge is -2.36. The number of likely N-dealkylation sites (N-methyl/N-ethyl adjacent to an activating group) is 1. The van der Waals surface area contributed by atoms with Crippen molar-refractivity contribution in [2.24, 2.45) is 0 Å². The summed E-state index contributed by atoms with van der Waals surface area (Å²) >= 11 is 14.1. The highest BCUT2D eigenvalue weighted by Crippen LogP contribution is 2.38. The van der Waals surface area contributed by atoms with Gasteiger partial charge < -0.3 is 5.32 Å². The van der Waals surface area contributed by atoms with Crippen LogP contribution in [0.4, 0.5) is 0 Å². The van der Waals surface area contributed by atoms with Crippen molar-refractivity contribution in [3.63, 3.8) is 0 Å². The third-order valence-corrected chi connectivity index (χ3v) is 8.34. The number of hydrogen-bond donors (Lipinski definition) is 1. The maximum Gasteiger partial charge on any atom is 0.0449 e.